The van der Waals surface area contributed by atoms with Crippen LogP contribution in [0, 0.1) is 0 Å². The second-order valence-electron chi connectivity index (χ2n) is 5.11. The molecular formula is C18H19NOS. The molecule has 3 aromatic rings. The molecule has 0 saturated heterocycles. The summed E-state index contributed by atoms with van der Waals surface area (Å²) in [5, 5.41) is 1.30. The number of hydrogen-bond acceptors (Lipinski definition) is 3. The van der Waals surface area contributed by atoms with Crippen LogP contribution in [0.4, 0.5) is 0 Å². The van der Waals surface area contributed by atoms with Gasteiger partial charge >= 0.3 is 0 Å². The first-order valence-electron chi connectivity index (χ1n) is 7.22. The minimum absolute atomic E-state index is 0.207. The molecule has 0 radical (unpaired) electrons. The van der Waals surface area contributed by atoms with Gasteiger partial charge in [-0.3, -0.25) is 0 Å². The number of fused-ring (bicyclic) bond motifs is 1. The van der Waals surface area contributed by atoms with Gasteiger partial charge in [0.15, 0.2) is 0 Å². The Bertz CT molecular complexity index is 660. The summed E-state index contributed by atoms with van der Waals surface area (Å²) in [6.45, 7) is 2.81. The van der Waals surface area contributed by atoms with Crippen LogP contribution < -0.4 is 5.48 Å². The molecule has 1 heterocycles. The highest BCUT2D eigenvalue weighted by Gasteiger charge is 2.09. The van der Waals surface area contributed by atoms with Crippen molar-refractivity contribution in [3.8, 4) is 0 Å². The van der Waals surface area contributed by atoms with Crippen LogP contribution in [0.1, 0.15) is 23.4 Å². The van der Waals surface area contributed by atoms with E-state index < -0.39 is 0 Å². The molecule has 1 aromatic heterocycles. The first-order valence-corrected chi connectivity index (χ1v) is 8.04. The fourth-order valence-electron chi connectivity index (χ4n) is 2.27. The van der Waals surface area contributed by atoms with Gasteiger partial charge in [0.2, 0.25) is 0 Å². The molecule has 0 aliphatic carbocycles. The van der Waals surface area contributed by atoms with Gasteiger partial charge in [-0.05, 0) is 36.4 Å². The van der Waals surface area contributed by atoms with Crippen molar-refractivity contribution in [3.05, 3.63) is 71.1 Å². The average molecular weight is 297 g/mol. The lowest BCUT2D eigenvalue weighted by molar-refractivity contribution is 0.0223. The maximum atomic E-state index is 5.61. The summed E-state index contributed by atoms with van der Waals surface area (Å²) in [7, 11) is 0. The van der Waals surface area contributed by atoms with Crippen molar-refractivity contribution in [2.24, 2.45) is 0 Å². The molecule has 21 heavy (non-hydrogen) atoms. The quantitative estimate of drug-likeness (QED) is 0.525. The maximum Gasteiger partial charge on any atom is 0.0722 e. The van der Waals surface area contributed by atoms with E-state index in [1.165, 1.54) is 20.5 Å². The van der Waals surface area contributed by atoms with Gasteiger partial charge in [-0.1, -0.05) is 48.5 Å². The molecule has 2 nitrogen and oxygen atoms in total. The van der Waals surface area contributed by atoms with Gasteiger partial charge in [0.1, 0.15) is 0 Å². The molecule has 1 N–H and O–H groups in total. The predicted octanol–water partition coefficient (Wildman–Crippen LogP) is 4.73. The lowest BCUT2D eigenvalue weighted by Crippen LogP contribution is -2.19. The normalized spacial score (nSPS) is 12.6. The van der Waals surface area contributed by atoms with Crippen LogP contribution in [-0.2, 0) is 11.3 Å². The van der Waals surface area contributed by atoms with Gasteiger partial charge in [0.05, 0.1) is 12.6 Å². The fourth-order valence-corrected chi connectivity index (χ4v) is 3.33. The van der Waals surface area contributed by atoms with Crippen LogP contribution in [0.2, 0.25) is 0 Å². The van der Waals surface area contributed by atoms with E-state index in [-0.39, 0.29) is 6.04 Å². The van der Waals surface area contributed by atoms with E-state index in [2.05, 4.69) is 67.0 Å². The molecular weight excluding hydrogens is 278 g/mol. The third-order valence-electron chi connectivity index (χ3n) is 3.47. The number of hydroxylamine groups is 1. The highest BCUT2D eigenvalue weighted by Crippen LogP contribution is 2.29. The molecule has 0 spiro atoms. The van der Waals surface area contributed by atoms with E-state index in [4.69, 9.17) is 4.84 Å². The van der Waals surface area contributed by atoms with Crippen LogP contribution in [-0.4, -0.2) is 6.61 Å². The van der Waals surface area contributed by atoms with Crippen molar-refractivity contribution in [2.75, 3.05) is 6.61 Å². The Morgan fingerprint density at radius 3 is 2.62 bits per heavy atom. The molecule has 0 fully saturated rings. The van der Waals surface area contributed by atoms with Gasteiger partial charge < -0.3 is 4.84 Å². The standard InChI is InChI=1S/C18H19NOS/c1-14(18-13-16-9-5-6-10-17(16)21-18)19-20-12-11-15-7-3-2-4-8-15/h2-10,13-14,19H,11-12H2,1H3. The van der Waals surface area contributed by atoms with E-state index in [1.807, 2.05) is 17.4 Å². The minimum Gasteiger partial charge on any atom is -0.301 e. The van der Waals surface area contributed by atoms with E-state index in [1.54, 1.807) is 0 Å². The van der Waals surface area contributed by atoms with Crippen LogP contribution in [0.15, 0.2) is 60.7 Å². The van der Waals surface area contributed by atoms with Crippen molar-refractivity contribution in [1.29, 1.82) is 0 Å². The summed E-state index contributed by atoms with van der Waals surface area (Å²) in [5.74, 6) is 0. The molecule has 0 aliphatic heterocycles. The number of hydrogen-bond donors (Lipinski definition) is 1. The van der Waals surface area contributed by atoms with Crippen molar-refractivity contribution in [3.63, 3.8) is 0 Å². The van der Waals surface area contributed by atoms with E-state index in [0.29, 0.717) is 6.61 Å². The molecule has 0 bridgehead atoms. The average Bonchev–Trinajstić information content (AvgIpc) is 2.96. The largest absolute Gasteiger partial charge is 0.301 e. The first kappa shape index (κ1) is 14.3. The molecule has 108 valence electrons. The van der Waals surface area contributed by atoms with E-state index in [0.717, 1.165) is 6.42 Å². The molecule has 2 aromatic carbocycles. The van der Waals surface area contributed by atoms with E-state index >= 15 is 0 Å². The fraction of sp³-hybridized carbons (Fsp3) is 0.222. The van der Waals surface area contributed by atoms with Gasteiger partial charge in [0, 0.05) is 9.58 Å². The maximum absolute atomic E-state index is 5.61. The van der Waals surface area contributed by atoms with Crippen LogP contribution in [0.5, 0.6) is 0 Å². The highest BCUT2D eigenvalue weighted by atomic mass is 32.1. The molecule has 1 unspecified atom stereocenters. The second kappa shape index (κ2) is 6.85. The zero-order valence-corrected chi connectivity index (χ0v) is 12.9. The molecule has 1 atom stereocenters. The summed E-state index contributed by atoms with van der Waals surface area (Å²) in [5.41, 5.74) is 4.44. The Hall–Kier alpha value is -1.68. The van der Waals surface area contributed by atoms with Gasteiger partial charge in [-0.15, -0.1) is 11.3 Å². The van der Waals surface area contributed by atoms with Gasteiger partial charge in [-0.25, -0.2) is 0 Å². The van der Waals surface area contributed by atoms with Crippen molar-refractivity contribution in [2.45, 2.75) is 19.4 Å². The van der Waals surface area contributed by atoms with Crippen LogP contribution in [0.3, 0.4) is 0 Å². The number of benzene rings is 2. The second-order valence-corrected chi connectivity index (χ2v) is 6.23. The Balaban J connectivity index is 1.51. The number of thiophene rings is 1. The smallest absolute Gasteiger partial charge is 0.0722 e. The monoisotopic (exact) mass is 297 g/mol. The molecule has 0 saturated carbocycles. The number of nitrogens with one attached hydrogen (secondary N) is 1. The predicted molar refractivity (Wildman–Crippen MR) is 89.5 cm³/mol. The Morgan fingerprint density at radius 1 is 1.05 bits per heavy atom. The van der Waals surface area contributed by atoms with Crippen molar-refractivity contribution < 1.29 is 4.84 Å². The topological polar surface area (TPSA) is 21.3 Å². The van der Waals surface area contributed by atoms with Gasteiger partial charge in [0.25, 0.3) is 0 Å². The third kappa shape index (κ3) is 3.70. The SMILES string of the molecule is CC(NOCCc1ccccc1)c1cc2ccccc2s1. The molecule has 0 aliphatic rings. The Kier molecular flexibility index (Phi) is 4.65. The summed E-state index contributed by atoms with van der Waals surface area (Å²) in [4.78, 5) is 6.91. The number of rotatable bonds is 6. The minimum atomic E-state index is 0.207. The zero-order valence-electron chi connectivity index (χ0n) is 12.1. The first-order chi connectivity index (χ1) is 10.3. The molecule has 3 rings (SSSR count). The van der Waals surface area contributed by atoms with E-state index in [9.17, 15) is 0 Å². The Labute approximate surface area is 129 Å². The lowest BCUT2D eigenvalue weighted by Gasteiger charge is -2.12. The zero-order chi connectivity index (χ0) is 14.5. The summed E-state index contributed by atoms with van der Waals surface area (Å²) < 4.78 is 1.32. The molecule has 3 heteroatoms. The van der Waals surface area contributed by atoms with Gasteiger partial charge in [-0.2, -0.15) is 5.48 Å². The van der Waals surface area contributed by atoms with Crippen molar-refractivity contribution >= 4 is 21.4 Å². The van der Waals surface area contributed by atoms with Crippen molar-refractivity contribution in [1.82, 2.24) is 5.48 Å². The third-order valence-corrected chi connectivity index (χ3v) is 4.77. The summed E-state index contributed by atoms with van der Waals surface area (Å²) >= 11 is 1.82. The van der Waals surface area contributed by atoms with Crippen LogP contribution >= 0.6 is 11.3 Å². The summed E-state index contributed by atoms with van der Waals surface area (Å²) in [6, 6.07) is 21.3. The highest BCUT2D eigenvalue weighted by molar-refractivity contribution is 7.19. The molecule has 0 amide bonds. The Morgan fingerprint density at radius 2 is 1.81 bits per heavy atom. The van der Waals surface area contributed by atoms with Crippen LogP contribution in [0.25, 0.3) is 10.1 Å². The lowest BCUT2D eigenvalue weighted by atomic mass is 10.2. The summed E-state index contributed by atoms with van der Waals surface area (Å²) in [6.07, 6.45) is 0.924.